The second kappa shape index (κ2) is 38.5. The summed E-state index contributed by atoms with van der Waals surface area (Å²) in [6, 6.07) is 121. The quantitative estimate of drug-likeness (QED) is 0.0378. The first-order valence-corrected chi connectivity index (χ1v) is 51.7. The lowest BCUT2D eigenvalue weighted by molar-refractivity contribution is 0.414. The van der Waals surface area contributed by atoms with E-state index in [2.05, 4.69) is 382 Å². The van der Waals surface area contributed by atoms with Gasteiger partial charge in [-0.3, -0.25) is 0 Å². The molecular formula is C129H140N2. The molecule has 5 aliphatic rings. The zero-order chi connectivity index (χ0) is 89.9. The fraction of sp³-hybridized carbons (Fsp3) is 0.349. The van der Waals surface area contributed by atoms with Crippen LogP contribution in [0.1, 0.15) is 317 Å². The summed E-state index contributed by atoms with van der Waals surface area (Å²) in [4.78, 5) is 4.93. The summed E-state index contributed by atoms with van der Waals surface area (Å²) < 4.78 is 0. The Labute approximate surface area is 786 Å². The smallest absolute Gasteiger partial charge is 0.0465 e. The van der Waals surface area contributed by atoms with Crippen molar-refractivity contribution < 1.29 is 0 Å². The van der Waals surface area contributed by atoms with Gasteiger partial charge < -0.3 is 9.80 Å². The molecule has 5 aliphatic carbocycles. The summed E-state index contributed by atoms with van der Waals surface area (Å²) in [6.45, 7) is 24.0. The fourth-order valence-electron chi connectivity index (χ4n) is 25.5. The largest absolute Gasteiger partial charge is 0.310 e. The highest BCUT2D eigenvalue weighted by Gasteiger charge is 2.50. The van der Waals surface area contributed by atoms with Crippen LogP contribution in [0.15, 0.2) is 303 Å². The molecule has 0 atom stereocenters. The molecule has 0 spiro atoms. The molecule has 0 fully saturated rings. The number of benzene rings is 14. The van der Waals surface area contributed by atoms with Crippen molar-refractivity contribution in [1.82, 2.24) is 0 Å². The predicted octanol–water partition coefficient (Wildman–Crippen LogP) is 38.5. The zero-order valence-electron chi connectivity index (χ0n) is 80.5. The second-order valence-corrected chi connectivity index (χ2v) is 40.0. The minimum atomic E-state index is -0.116. The van der Waals surface area contributed by atoms with Gasteiger partial charge in [0.2, 0.25) is 0 Å². The Bertz CT molecular complexity index is 5900. The molecule has 14 aromatic carbocycles. The van der Waals surface area contributed by atoms with E-state index in [0.717, 1.165) is 64.2 Å². The van der Waals surface area contributed by atoms with Crippen molar-refractivity contribution in [3.05, 3.63) is 359 Å². The maximum Gasteiger partial charge on any atom is 0.0465 e. The highest BCUT2D eigenvalue weighted by Crippen LogP contribution is 2.64. The summed E-state index contributed by atoms with van der Waals surface area (Å²) in [5.74, 6) is 0. The third kappa shape index (κ3) is 15.7. The van der Waals surface area contributed by atoms with Gasteiger partial charge in [0.05, 0.1) is 0 Å². The van der Waals surface area contributed by atoms with E-state index >= 15 is 0 Å². The van der Waals surface area contributed by atoms with Crippen molar-refractivity contribution in [2.75, 3.05) is 9.80 Å². The molecule has 131 heavy (non-hydrogen) atoms. The lowest BCUT2D eigenvalue weighted by atomic mass is 9.69. The lowest BCUT2D eigenvalue weighted by Gasteiger charge is -2.34. The number of unbranched alkanes of at least 4 members (excludes halogenated alkanes) is 10. The Kier molecular flexibility index (Phi) is 26.1. The Morgan fingerprint density at radius 1 is 0.145 bits per heavy atom. The van der Waals surface area contributed by atoms with Crippen LogP contribution in [-0.4, -0.2) is 0 Å². The number of nitrogens with zero attached hydrogens (tertiary/aromatic N) is 2. The molecule has 14 aromatic rings. The third-order valence-corrected chi connectivity index (χ3v) is 32.2. The highest BCUT2D eigenvalue weighted by atomic mass is 15.1. The minimum absolute atomic E-state index is 0.103. The van der Waals surface area contributed by atoms with Gasteiger partial charge in [0.25, 0.3) is 0 Å². The molecular weight excluding hydrogens is 1580 g/mol. The van der Waals surface area contributed by atoms with Crippen LogP contribution in [0.4, 0.5) is 34.1 Å². The Morgan fingerprint density at radius 3 is 0.427 bits per heavy atom. The van der Waals surface area contributed by atoms with Crippen LogP contribution in [0.3, 0.4) is 0 Å². The van der Waals surface area contributed by atoms with Crippen molar-refractivity contribution in [3.63, 3.8) is 0 Å². The van der Waals surface area contributed by atoms with Gasteiger partial charge in [0.1, 0.15) is 0 Å². The molecule has 0 unspecified atom stereocenters. The first-order chi connectivity index (χ1) is 64.4. The molecule has 0 saturated carbocycles. The van der Waals surface area contributed by atoms with E-state index in [4.69, 9.17) is 0 Å². The van der Waals surface area contributed by atoms with E-state index < -0.39 is 0 Å². The van der Waals surface area contributed by atoms with E-state index in [1.54, 1.807) is 33.4 Å². The number of anilines is 6. The van der Waals surface area contributed by atoms with Gasteiger partial charge in [-0.25, -0.2) is 0 Å². The molecule has 0 aromatic heterocycles. The van der Waals surface area contributed by atoms with E-state index in [9.17, 15) is 0 Å². The fourth-order valence-corrected chi connectivity index (χ4v) is 25.5. The average Bonchev–Trinajstić information content (AvgIpc) is 1.56. The monoisotopic (exact) mass is 1720 g/mol. The van der Waals surface area contributed by atoms with E-state index in [-0.39, 0.29) is 27.1 Å². The molecule has 0 radical (unpaired) electrons. The zero-order valence-corrected chi connectivity index (χ0v) is 80.5. The van der Waals surface area contributed by atoms with Crippen LogP contribution in [0.2, 0.25) is 0 Å². The van der Waals surface area contributed by atoms with Gasteiger partial charge in [-0.05, 0) is 341 Å². The Hall–Kier alpha value is -11.3. The molecule has 0 amide bonds. The third-order valence-electron chi connectivity index (χ3n) is 32.2. The first kappa shape index (κ1) is 88.9. The predicted molar refractivity (Wildman–Crippen MR) is 564 cm³/mol. The van der Waals surface area contributed by atoms with Crippen molar-refractivity contribution >= 4 is 34.1 Å². The highest BCUT2D eigenvalue weighted by molar-refractivity contribution is 5.95. The van der Waals surface area contributed by atoms with E-state index in [1.165, 1.54) is 285 Å². The van der Waals surface area contributed by atoms with Crippen LogP contribution in [0.25, 0.3) is 100 Å². The SMILES string of the molecule is CCCCC1(CCCC)c2cc(-c3ccc4c(c3)C(CCCC)(CCCC)c3cc(-c5ccc6c(c5)C(CCCC)(CCCC)c5cc(N(c7ccccc7)c7ccccc7)ccc5-6)ccc3-4)ccc2-c2ccc(-c3ccc4c(c3)C(CCCC)(CCCC)c3cc(-c5ccc6c(c5)C(CCCC)(CCCC)c5cc(N(c7ccccc7)c7ccccc7)ccc5-6)ccc3-4)cc21. The van der Waals surface area contributed by atoms with Crippen molar-refractivity contribution in [2.24, 2.45) is 0 Å². The number of hydrogen-bond acceptors (Lipinski definition) is 2. The molecule has 0 aliphatic heterocycles. The minimum Gasteiger partial charge on any atom is -0.310 e. The van der Waals surface area contributed by atoms with Gasteiger partial charge in [-0.2, -0.15) is 0 Å². The molecule has 0 N–H and O–H groups in total. The summed E-state index contributed by atoms with van der Waals surface area (Å²) in [6.07, 6.45) is 35.0. The second-order valence-electron chi connectivity index (χ2n) is 40.0. The van der Waals surface area contributed by atoms with Crippen molar-refractivity contribution in [1.29, 1.82) is 0 Å². The molecule has 0 heterocycles. The van der Waals surface area contributed by atoms with Crippen molar-refractivity contribution in [3.8, 4) is 100 Å². The van der Waals surface area contributed by atoms with Crippen LogP contribution >= 0.6 is 0 Å². The van der Waals surface area contributed by atoms with Gasteiger partial charge in [-0.1, -0.05) is 380 Å². The Morgan fingerprint density at radius 2 is 0.282 bits per heavy atom. The van der Waals surface area contributed by atoms with Gasteiger partial charge in [0, 0.05) is 61.2 Å². The lowest BCUT2D eigenvalue weighted by Crippen LogP contribution is -2.26. The standard InChI is InChI=1S/C129H140N2/c1-11-21-71-125(72-22-12-2)115-81-91(93-53-63-107-109-65-55-95(85-119(109)126(73-23-13-3,74-24-14-4)117(107)83-93)97-57-67-111-113-69-59-103(130(99-43-35-31-36-44-99)100-45-37-32-38-46-100)89-123(113)128(77-27-17-7,78-28-18-8)121(111)87-97)51-61-105(115)106-62-52-92(82-116(106)125)94-54-64-108-110-66-56-96(86-120(110)127(75-25-15-5,76-26-16-6)118(108)84-94)98-58-68-112-114-70-60-104(131(101-47-39-33-40-48-101)102-49-41-34-42-50-102)90-124(114)129(79-29-19-9,80-30-20-10)122(112)88-98/h31-70,81-90H,11-30,71-80H2,1-10H3. The maximum absolute atomic E-state index is 2.72. The molecule has 0 saturated heterocycles. The first-order valence-electron chi connectivity index (χ1n) is 51.7. The van der Waals surface area contributed by atoms with Gasteiger partial charge in [0.15, 0.2) is 0 Å². The average molecular weight is 1720 g/mol. The molecule has 0 bridgehead atoms. The summed E-state index contributed by atoms with van der Waals surface area (Å²) in [5, 5.41) is 0. The summed E-state index contributed by atoms with van der Waals surface area (Å²) >= 11 is 0. The van der Waals surface area contributed by atoms with Crippen molar-refractivity contribution in [2.45, 2.75) is 289 Å². The van der Waals surface area contributed by atoms with Crippen LogP contribution in [0, 0.1) is 0 Å². The maximum atomic E-state index is 2.72. The van der Waals surface area contributed by atoms with Crippen LogP contribution in [-0.2, 0) is 27.1 Å². The van der Waals surface area contributed by atoms with E-state index in [1.807, 2.05) is 0 Å². The molecule has 2 nitrogen and oxygen atoms in total. The summed E-state index contributed by atoms with van der Waals surface area (Å²) in [7, 11) is 0. The topological polar surface area (TPSA) is 6.48 Å². The number of para-hydroxylation sites is 4. The number of rotatable bonds is 40. The van der Waals surface area contributed by atoms with Gasteiger partial charge >= 0.3 is 0 Å². The molecule has 19 rings (SSSR count). The Balaban J connectivity index is 0.664. The van der Waals surface area contributed by atoms with Gasteiger partial charge in [-0.15, -0.1) is 0 Å². The molecule has 666 valence electrons. The number of fused-ring (bicyclic) bond motifs is 15. The number of hydrogen-bond donors (Lipinski definition) is 0. The van der Waals surface area contributed by atoms with Crippen LogP contribution < -0.4 is 9.80 Å². The molecule has 2 heteroatoms. The van der Waals surface area contributed by atoms with E-state index in [0.29, 0.717) is 0 Å². The summed E-state index contributed by atoms with van der Waals surface area (Å²) in [5.41, 5.74) is 47.1. The van der Waals surface area contributed by atoms with Crippen LogP contribution in [0.5, 0.6) is 0 Å². The normalized spacial score (nSPS) is 14.6.